The summed E-state index contributed by atoms with van der Waals surface area (Å²) >= 11 is 0.443. The Bertz CT molecular complexity index is 469. The lowest BCUT2D eigenvalue weighted by molar-refractivity contribution is -0.119. The van der Waals surface area contributed by atoms with E-state index < -0.39 is 11.7 Å². The number of anilines is 1. The molecule has 0 aliphatic heterocycles. The first kappa shape index (κ1) is 15.4. The summed E-state index contributed by atoms with van der Waals surface area (Å²) in [5.41, 5.74) is 0.490. The normalized spacial score (nSPS) is 12.3. The van der Waals surface area contributed by atoms with Crippen molar-refractivity contribution in [2.24, 2.45) is 11.8 Å². The molecule has 1 rings (SSSR count). The maximum atomic E-state index is 12.1. The first-order chi connectivity index (χ1) is 8.93. The van der Waals surface area contributed by atoms with E-state index in [1.54, 1.807) is 13.8 Å². The smallest absolute Gasteiger partial charge is 0.288 e. The Morgan fingerprint density at radius 2 is 1.89 bits per heavy atom. The zero-order chi connectivity index (χ0) is 14.4. The maximum absolute atomic E-state index is 12.1. The summed E-state index contributed by atoms with van der Waals surface area (Å²) in [7, 11) is 0. The van der Waals surface area contributed by atoms with Crippen LogP contribution in [0.3, 0.4) is 0 Å². The van der Waals surface area contributed by atoms with Crippen molar-refractivity contribution in [3.8, 4) is 6.07 Å². The maximum Gasteiger partial charge on any atom is 0.288 e. The molecule has 0 aromatic heterocycles. The van der Waals surface area contributed by atoms with Gasteiger partial charge in [0, 0.05) is 10.6 Å². The number of nitrogens with zero attached hydrogens (tertiary/aromatic N) is 1. The topological polar surface area (TPSA) is 52.9 Å². The molecule has 3 nitrogen and oxygen atoms in total. The van der Waals surface area contributed by atoms with Crippen LogP contribution < -0.4 is 5.32 Å². The van der Waals surface area contributed by atoms with Gasteiger partial charge in [-0.05, 0) is 30.2 Å². The predicted octanol–water partition coefficient (Wildman–Crippen LogP) is 3.74. The summed E-state index contributed by atoms with van der Waals surface area (Å²) < 4.78 is 24.3. The standard InChI is InChI=1S/C13H14F2N2OS/c1-8(2)11(7-16)12(18)17-9-3-5-10(6-4-9)19-13(14)15/h3-6,8,11,13H,1-2H3,(H,17,18). The SMILES string of the molecule is CC(C)C(C#N)C(=O)Nc1ccc(SC(F)F)cc1. The van der Waals surface area contributed by atoms with E-state index in [0.717, 1.165) is 0 Å². The number of benzene rings is 1. The summed E-state index contributed by atoms with van der Waals surface area (Å²) in [6.45, 7) is 3.58. The van der Waals surface area contributed by atoms with Gasteiger partial charge in [0.25, 0.3) is 5.76 Å². The molecule has 0 fully saturated rings. The van der Waals surface area contributed by atoms with Crippen LogP contribution in [0.1, 0.15) is 13.8 Å². The first-order valence-electron chi connectivity index (χ1n) is 5.69. The highest BCUT2D eigenvalue weighted by molar-refractivity contribution is 7.99. The van der Waals surface area contributed by atoms with E-state index in [2.05, 4.69) is 5.32 Å². The molecule has 0 saturated carbocycles. The van der Waals surface area contributed by atoms with Gasteiger partial charge in [-0.2, -0.15) is 14.0 Å². The highest BCUT2D eigenvalue weighted by atomic mass is 32.2. The first-order valence-corrected chi connectivity index (χ1v) is 6.57. The van der Waals surface area contributed by atoms with Gasteiger partial charge < -0.3 is 5.32 Å². The third-order valence-electron chi connectivity index (χ3n) is 2.44. The fourth-order valence-corrected chi connectivity index (χ4v) is 1.95. The molecule has 1 unspecified atom stereocenters. The highest BCUT2D eigenvalue weighted by Crippen LogP contribution is 2.26. The van der Waals surface area contributed by atoms with Crippen molar-refractivity contribution in [3.63, 3.8) is 0 Å². The number of rotatable bonds is 5. The molecule has 102 valence electrons. The Balaban J connectivity index is 2.68. The van der Waals surface area contributed by atoms with Crippen molar-refractivity contribution in [2.45, 2.75) is 24.5 Å². The molecule has 0 radical (unpaired) electrons. The van der Waals surface area contributed by atoms with Crippen LogP contribution >= 0.6 is 11.8 Å². The second-order valence-electron chi connectivity index (χ2n) is 4.24. The van der Waals surface area contributed by atoms with Crippen LogP contribution in [0.15, 0.2) is 29.2 Å². The molecule has 0 bridgehead atoms. The van der Waals surface area contributed by atoms with Gasteiger partial charge in [-0.1, -0.05) is 25.6 Å². The van der Waals surface area contributed by atoms with Crippen LogP contribution in [0.5, 0.6) is 0 Å². The van der Waals surface area contributed by atoms with Crippen molar-refractivity contribution in [2.75, 3.05) is 5.32 Å². The number of nitriles is 1. The number of alkyl halides is 2. The van der Waals surface area contributed by atoms with Crippen LogP contribution in [-0.4, -0.2) is 11.7 Å². The molecular weight excluding hydrogens is 270 g/mol. The van der Waals surface area contributed by atoms with E-state index in [9.17, 15) is 13.6 Å². The molecular formula is C13H14F2N2OS. The number of carbonyl (C=O) groups excluding carboxylic acids is 1. The fourth-order valence-electron chi connectivity index (χ4n) is 1.45. The van der Waals surface area contributed by atoms with Gasteiger partial charge in [-0.3, -0.25) is 4.79 Å². The Labute approximate surface area is 115 Å². The van der Waals surface area contributed by atoms with Crippen LogP contribution in [-0.2, 0) is 4.79 Å². The number of halogens is 2. The zero-order valence-electron chi connectivity index (χ0n) is 10.6. The van der Waals surface area contributed by atoms with Gasteiger partial charge in [0.1, 0.15) is 5.92 Å². The lowest BCUT2D eigenvalue weighted by Crippen LogP contribution is -2.25. The third-order valence-corrected chi connectivity index (χ3v) is 3.16. The number of nitrogens with one attached hydrogen (secondary N) is 1. The quantitative estimate of drug-likeness (QED) is 0.838. The molecule has 0 saturated heterocycles. The number of carbonyl (C=O) groups is 1. The van der Waals surface area contributed by atoms with E-state index in [-0.39, 0.29) is 11.8 Å². The number of hydrogen-bond donors (Lipinski definition) is 1. The molecule has 1 atom stereocenters. The molecule has 1 amide bonds. The van der Waals surface area contributed by atoms with Gasteiger partial charge in [-0.25, -0.2) is 0 Å². The highest BCUT2D eigenvalue weighted by Gasteiger charge is 2.21. The second-order valence-corrected chi connectivity index (χ2v) is 5.31. The molecule has 1 aromatic carbocycles. The minimum Gasteiger partial charge on any atom is -0.325 e. The molecule has 0 spiro atoms. The van der Waals surface area contributed by atoms with Crippen LogP contribution in [0.4, 0.5) is 14.5 Å². The lowest BCUT2D eigenvalue weighted by Gasteiger charge is -2.13. The molecule has 1 N–H and O–H groups in total. The van der Waals surface area contributed by atoms with Crippen molar-refractivity contribution in [3.05, 3.63) is 24.3 Å². The van der Waals surface area contributed by atoms with Gasteiger partial charge in [0.2, 0.25) is 5.91 Å². The number of thioether (sulfide) groups is 1. The monoisotopic (exact) mass is 284 g/mol. The Morgan fingerprint density at radius 1 is 1.32 bits per heavy atom. The van der Waals surface area contributed by atoms with E-state index in [0.29, 0.717) is 22.3 Å². The van der Waals surface area contributed by atoms with Crippen LogP contribution in [0, 0.1) is 23.2 Å². The molecule has 19 heavy (non-hydrogen) atoms. The van der Waals surface area contributed by atoms with Crippen molar-refractivity contribution in [1.29, 1.82) is 5.26 Å². The molecule has 6 heteroatoms. The van der Waals surface area contributed by atoms with E-state index >= 15 is 0 Å². The largest absolute Gasteiger partial charge is 0.325 e. The second kappa shape index (κ2) is 7.10. The van der Waals surface area contributed by atoms with Gasteiger partial charge in [-0.15, -0.1) is 0 Å². The van der Waals surface area contributed by atoms with Crippen LogP contribution in [0.2, 0.25) is 0 Å². The molecule has 0 aliphatic carbocycles. The molecule has 0 heterocycles. The summed E-state index contributed by atoms with van der Waals surface area (Å²) in [6, 6.07) is 8.03. The predicted molar refractivity (Wildman–Crippen MR) is 70.9 cm³/mol. The average Bonchev–Trinajstić information content (AvgIpc) is 2.31. The van der Waals surface area contributed by atoms with E-state index in [1.807, 2.05) is 6.07 Å². The third kappa shape index (κ3) is 4.87. The summed E-state index contributed by atoms with van der Waals surface area (Å²) in [4.78, 5) is 12.2. The Kier molecular flexibility index (Phi) is 5.77. The van der Waals surface area contributed by atoms with Crippen molar-refractivity contribution in [1.82, 2.24) is 0 Å². The van der Waals surface area contributed by atoms with E-state index in [4.69, 9.17) is 5.26 Å². The summed E-state index contributed by atoms with van der Waals surface area (Å²) in [5, 5.41) is 11.5. The van der Waals surface area contributed by atoms with Gasteiger partial charge >= 0.3 is 0 Å². The molecule has 0 aliphatic rings. The number of amides is 1. The number of hydrogen-bond acceptors (Lipinski definition) is 3. The molecule has 1 aromatic rings. The fraction of sp³-hybridized carbons (Fsp3) is 0.385. The average molecular weight is 284 g/mol. The zero-order valence-corrected chi connectivity index (χ0v) is 11.4. The van der Waals surface area contributed by atoms with Crippen molar-refractivity contribution >= 4 is 23.4 Å². The summed E-state index contributed by atoms with van der Waals surface area (Å²) in [5.74, 6) is -3.66. The minimum absolute atomic E-state index is 0.0846. The van der Waals surface area contributed by atoms with Gasteiger partial charge in [0.15, 0.2) is 0 Å². The minimum atomic E-state index is -2.47. The van der Waals surface area contributed by atoms with Crippen LogP contribution in [0.25, 0.3) is 0 Å². The Morgan fingerprint density at radius 3 is 2.32 bits per heavy atom. The van der Waals surface area contributed by atoms with Gasteiger partial charge in [0.05, 0.1) is 6.07 Å². The van der Waals surface area contributed by atoms with Crippen molar-refractivity contribution < 1.29 is 13.6 Å². The van der Waals surface area contributed by atoms with E-state index in [1.165, 1.54) is 24.3 Å². The Hall–Kier alpha value is -1.61. The summed E-state index contributed by atoms with van der Waals surface area (Å²) in [6.07, 6.45) is 0. The lowest BCUT2D eigenvalue weighted by atomic mass is 9.96.